The topological polar surface area (TPSA) is 60.1 Å². The van der Waals surface area contributed by atoms with Crippen LogP contribution in [0.15, 0.2) is 12.3 Å². The van der Waals surface area contributed by atoms with E-state index in [9.17, 15) is 4.79 Å². The number of anilines is 1. The van der Waals surface area contributed by atoms with Gasteiger partial charge in [0.2, 0.25) is 0 Å². The molecule has 0 aliphatic rings. The van der Waals surface area contributed by atoms with E-state index in [1.807, 2.05) is 11.5 Å². The van der Waals surface area contributed by atoms with Crippen LogP contribution in [0.3, 0.4) is 0 Å². The number of aromatic nitrogens is 1. The number of carbonyl (C=O) groups excluding carboxylic acids is 1. The molecule has 0 bridgehead atoms. The Hall–Kier alpha value is -1.89. The summed E-state index contributed by atoms with van der Waals surface area (Å²) in [4.78, 5) is 12.1. The molecule has 0 aromatic carbocycles. The molecule has 1 unspecified atom stereocenters. The normalized spacial score (nSPS) is 11.8. The first-order valence-electron chi connectivity index (χ1n) is 6.35. The molecular formula is C14H21N3O. The summed E-state index contributed by atoms with van der Waals surface area (Å²) < 4.78 is 1.87. The molecule has 4 heteroatoms. The summed E-state index contributed by atoms with van der Waals surface area (Å²) in [5.74, 6) is 2.43. The van der Waals surface area contributed by atoms with Crippen molar-refractivity contribution in [3.63, 3.8) is 0 Å². The molecule has 0 fully saturated rings. The van der Waals surface area contributed by atoms with Crippen molar-refractivity contribution in [3.05, 3.63) is 18.0 Å². The Morgan fingerprint density at radius 3 is 2.83 bits per heavy atom. The fourth-order valence-corrected chi connectivity index (χ4v) is 1.87. The summed E-state index contributed by atoms with van der Waals surface area (Å²) in [7, 11) is 0. The zero-order valence-corrected chi connectivity index (χ0v) is 11.1. The van der Waals surface area contributed by atoms with E-state index in [1.165, 1.54) is 0 Å². The third kappa shape index (κ3) is 3.56. The van der Waals surface area contributed by atoms with Crippen LogP contribution >= 0.6 is 0 Å². The van der Waals surface area contributed by atoms with Crippen molar-refractivity contribution in [2.75, 3.05) is 5.73 Å². The summed E-state index contributed by atoms with van der Waals surface area (Å²) in [6.07, 6.45) is 9.84. The smallest absolute Gasteiger partial charge is 0.268 e. The highest BCUT2D eigenvalue weighted by Crippen LogP contribution is 2.12. The molecule has 1 amide bonds. The summed E-state index contributed by atoms with van der Waals surface area (Å²) >= 11 is 0. The van der Waals surface area contributed by atoms with Crippen LogP contribution in [0.25, 0.3) is 0 Å². The molecule has 0 spiro atoms. The van der Waals surface area contributed by atoms with Crippen LogP contribution < -0.4 is 11.1 Å². The van der Waals surface area contributed by atoms with Crippen molar-refractivity contribution in [2.24, 2.45) is 0 Å². The molecule has 0 radical (unpaired) electrons. The molecule has 1 atom stereocenters. The van der Waals surface area contributed by atoms with Gasteiger partial charge < -0.3 is 15.6 Å². The van der Waals surface area contributed by atoms with E-state index in [0.29, 0.717) is 11.4 Å². The molecule has 1 aromatic rings. The zero-order valence-electron chi connectivity index (χ0n) is 11.1. The Bertz CT molecular complexity index is 442. The number of rotatable bonds is 6. The number of nitrogens with one attached hydrogen (secondary N) is 1. The minimum absolute atomic E-state index is 0.156. The van der Waals surface area contributed by atoms with E-state index < -0.39 is 0 Å². The predicted octanol–water partition coefficient (Wildman–Crippen LogP) is 2.01. The maximum Gasteiger partial charge on any atom is 0.268 e. The third-order valence-electron chi connectivity index (χ3n) is 2.70. The summed E-state index contributed by atoms with van der Waals surface area (Å²) in [6.45, 7) is 4.86. The monoisotopic (exact) mass is 247 g/mol. The summed E-state index contributed by atoms with van der Waals surface area (Å²) in [5, 5.41) is 2.84. The first-order chi connectivity index (χ1) is 8.62. The molecule has 1 aromatic heterocycles. The van der Waals surface area contributed by atoms with Gasteiger partial charge in [0.25, 0.3) is 5.91 Å². The number of aryl methyl sites for hydroxylation is 1. The van der Waals surface area contributed by atoms with E-state index in [-0.39, 0.29) is 11.9 Å². The van der Waals surface area contributed by atoms with E-state index in [1.54, 1.807) is 12.3 Å². The van der Waals surface area contributed by atoms with Crippen LogP contribution in [0.4, 0.5) is 5.69 Å². The molecule has 0 aliphatic carbocycles. The van der Waals surface area contributed by atoms with Gasteiger partial charge in [-0.25, -0.2) is 0 Å². The number of hydrogen-bond donors (Lipinski definition) is 2. The molecule has 18 heavy (non-hydrogen) atoms. The van der Waals surface area contributed by atoms with Gasteiger partial charge in [-0.15, -0.1) is 6.42 Å². The van der Waals surface area contributed by atoms with Crippen molar-refractivity contribution in [2.45, 2.75) is 45.7 Å². The van der Waals surface area contributed by atoms with Crippen molar-refractivity contribution >= 4 is 11.6 Å². The second kappa shape index (κ2) is 6.75. The molecular weight excluding hydrogens is 226 g/mol. The van der Waals surface area contributed by atoms with E-state index in [0.717, 1.165) is 25.8 Å². The number of amides is 1. The maximum absolute atomic E-state index is 12.1. The lowest BCUT2D eigenvalue weighted by atomic mass is 10.2. The van der Waals surface area contributed by atoms with E-state index in [2.05, 4.69) is 18.2 Å². The summed E-state index contributed by atoms with van der Waals surface area (Å²) in [6, 6.07) is 1.47. The van der Waals surface area contributed by atoms with Crippen LogP contribution in [0.5, 0.6) is 0 Å². The largest absolute Gasteiger partial charge is 0.397 e. The van der Waals surface area contributed by atoms with E-state index >= 15 is 0 Å². The molecule has 98 valence electrons. The lowest BCUT2D eigenvalue weighted by Gasteiger charge is -2.13. The molecule has 4 nitrogen and oxygen atoms in total. The molecule has 0 saturated carbocycles. The van der Waals surface area contributed by atoms with Gasteiger partial charge >= 0.3 is 0 Å². The Morgan fingerprint density at radius 1 is 1.56 bits per heavy atom. The molecule has 1 rings (SSSR count). The average molecular weight is 247 g/mol. The van der Waals surface area contributed by atoms with Gasteiger partial charge in [0.15, 0.2) is 0 Å². The van der Waals surface area contributed by atoms with Crippen molar-refractivity contribution < 1.29 is 4.79 Å². The van der Waals surface area contributed by atoms with Gasteiger partial charge in [0, 0.05) is 12.7 Å². The van der Waals surface area contributed by atoms with Gasteiger partial charge in [0.1, 0.15) is 5.69 Å². The molecule has 0 aliphatic heterocycles. The minimum Gasteiger partial charge on any atom is -0.397 e. The van der Waals surface area contributed by atoms with Crippen LogP contribution in [0.2, 0.25) is 0 Å². The van der Waals surface area contributed by atoms with Gasteiger partial charge in [-0.3, -0.25) is 4.79 Å². The van der Waals surface area contributed by atoms with Gasteiger partial charge in [-0.05, 0) is 18.9 Å². The van der Waals surface area contributed by atoms with Crippen LogP contribution in [0.1, 0.15) is 43.6 Å². The van der Waals surface area contributed by atoms with Crippen molar-refractivity contribution in [3.8, 4) is 12.3 Å². The minimum atomic E-state index is -0.214. The van der Waals surface area contributed by atoms with Crippen LogP contribution in [0, 0.1) is 12.3 Å². The zero-order chi connectivity index (χ0) is 13.5. The lowest BCUT2D eigenvalue weighted by Crippen LogP contribution is -2.34. The quantitative estimate of drug-likeness (QED) is 0.755. The number of hydrogen-bond acceptors (Lipinski definition) is 2. The van der Waals surface area contributed by atoms with Crippen LogP contribution in [-0.2, 0) is 6.54 Å². The Balaban J connectivity index is 2.80. The fraction of sp³-hybridized carbons (Fsp3) is 0.500. The van der Waals surface area contributed by atoms with Crippen LogP contribution in [-0.4, -0.2) is 16.5 Å². The SMILES string of the molecule is C#CC(CCC)NC(=O)c1cc(N)cn1CCC. The highest BCUT2D eigenvalue weighted by Gasteiger charge is 2.15. The van der Waals surface area contributed by atoms with Crippen molar-refractivity contribution in [1.82, 2.24) is 9.88 Å². The Labute approximate surface area is 109 Å². The lowest BCUT2D eigenvalue weighted by molar-refractivity contribution is 0.0935. The highest BCUT2D eigenvalue weighted by molar-refractivity contribution is 5.94. The number of nitrogens with zero attached hydrogens (tertiary/aromatic N) is 1. The number of terminal acetylenes is 1. The first kappa shape index (κ1) is 14.2. The molecule has 1 heterocycles. The molecule has 3 N–H and O–H groups in total. The van der Waals surface area contributed by atoms with Gasteiger partial charge in [-0.1, -0.05) is 26.2 Å². The standard InChI is InChI=1S/C14H21N3O/c1-4-7-12(6-3)16-14(18)13-9-11(15)10-17(13)8-5-2/h3,9-10,12H,4-5,7-8,15H2,1-2H3,(H,16,18). The second-order valence-electron chi connectivity index (χ2n) is 4.33. The third-order valence-corrected chi connectivity index (χ3v) is 2.70. The highest BCUT2D eigenvalue weighted by atomic mass is 16.2. The summed E-state index contributed by atoms with van der Waals surface area (Å²) in [5.41, 5.74) is 6.90. The van der Waals surface area contributed by atoms with Gasteiger partial charge in [-0.2, -0.15) is 0 Å². The van der Waals surface area contributed by atoms with E-state index in [4.69, 9.17) is 12.2 Å². The van der Waals surface area contributed by atoms with Gasteiger partial charge in [0.05, 0.1) is 11.7 Å². The first-order valence-corrected chi connectivity index (χ1v) is 6.35. The fourth-order valence-electron chi connectivity index (χ4n) is 1.87. The predicted molar refractivity (Wildman–Crippen MR) is 74.1 cm³/mol. The number of carbonyl (C=O) groups is 1. The second-order valence-corrected chi connectivity index (χ2v) is 4.33. The number of nitrogens with two attached hydrogens (primary N) is 1. The van der Waals surface area contributed by atoms with Crippen molar-refractivity contribution in [1.29, 1.82) is 0 Å². The number of nitrogen functional groups attached to an aromatic ring is 1. The molecule has 0 saturated heterocycles. The Kier molecular flexibility index (Phi) is 5.31. The average Bonchev–Trinajstić information content (AvgIpc) is 2.70. The maximum atomic E-state index is 12.1. The Morgan fingerprint density at radius 2 is 2.28 bits per heavy atom.